The minimum absolute atomic E-state index is 0.109. The van der Waals surface area contributed by atoms with Crippen LogP contribution in [0.1, 0.15) is 426 Å². The quantitative estimate of drug-likeness (QED) is 0.0222. The molecule has 0 rings (SSSR count). The summed E-state index contributed by atoms with van der Waals surface area (Å²) in [4.78, 5) is 72.9. The lowest BCUT2D eigenvalue weighted by atomic mass is 10.0. The van der Waals surface area contributed by atoms with Gasteiger partial charge in [-0.25, -0.2) is 9.13 Å². The Hall–Kier alpha value is -1.94. The van der Waals surface area contributed by atoms with Gasteiger partial charge in [-0.3, -0.25) is 37.3 Å². The molecule has 0 fully saturated rings. The lowest BCUT2D eigenvalue weighted by Crippen LogP contribution is -2.30. The van der Waals surface area contributed by atoms with Crippen molar-refractivity contribution < 1.29 is 80.2 Å². The van der Waals surface area contributed by atoms with Crippen molar-refractivity contribution in [3.05, 3.63) is 0 Å². The number of esters is 4. The zero-order valence-corrected chi connectivity index (χ0v) is 65.6. The number of hydrogen-bond donors (Lipinski definition) is 3. The minimum Gasteiger partial charge on any atom is -0.462 e. The molecule has 0 radical (unpaired) electrons. The normalized spacial score (nSPS) is 13.8. The molecule has 0 saturated carbocycles. The van der Waals surface area contributed by atoms with Crippen LogP contribution in [0.5, 0.6) is 0 Å². The third-order valence-electron chi connectivity index (χ3n) is 18.6. The highest BCUT2D eigenvalue weighted by molar-refractivity contribution is 7.47. The number of hydrogen-bond acceptors (Lipinski definition) is 15. The van der Waals surface area contributed by atoms with Crippen LogP contribution in [-0.4, -0.2) is 96.7 Å². The summed E-state index contributed by atoms with van der Waals surface area (Å²) in [6.45, 7) is 5.01. The molecule has 0 aromatic carbocycles. The largest absolute Gasteiger partial charge is 0.472 e. The molecule has 0 aromatic heterocycles. The van der Waals surface area contributed by atoms with Crippen molar-refractivity contribution in [3.8, 4) is 0 Å². The molecule has 0 heterocycles. The van der Waals surface area contributed by atoms with Gasteiger partial charge in [0.1, 0.15) is 19.3 Å². The molecular weight excluding hydrogens is 1280 g/mol. The van der Waals surface area contributed by atoms with Gasteiger partial charge in [0, 0.05) is 25.7 Å². The highest BCUT2D eigenvalue weighted by Crippen LogP contribution is 2.45. The maximum atomic E-state index is 13.1. The summed E-state index contributed by atoms with van der Waals surface area (Å²) >= 11 is 0. The van der Waals surface area contributed by atoms with Gasteiger partial charge in [-0.15, -0.1) is 0 Å². The number of phosphoric acid groups is 2. The van der Waals surface area contributed by atoms with Crippen molar-refractivity contribution in [1.82, 2.24) is 0 Å². The van der Waals surface area contributed by atoms with Gasteiger partial charge in [0.2, 0.25) is 0 Å². The molecule has 582 valence electrons. The predicted molar refractivity (Wildman–Crippen MR) is 400 cm³/mol. The molecule has 17 nitrogen and oxygen atoms in total. The van der Waals surface area contributed by atoms with Crippen LogP contribution in [0, 0.1) is 0 Å². The zero-order valence-electron chi connectivity index (χ0n) is 63.8. The Morgan fingerprint density at radius 1 is 0.245 bits per heavy atom. The second kappa shape index (κ2) is 73.4. The highest BCUT2D eigenvalue weighted by atomic mass is 31.2. The van der Waals surface area contributed by atoms with Crippen molar-refractivity contribution in [1.29, 1.82) is 0 Å². The summed E-state index contributed by atoms with van der Waals surface area (Å²) in [5.74, 6) is -2.11. The Morgan fingerprint density at radius 3 is 0.602 bits per heavy atom. The predicted octanol–water partition coefficient (Wildman–Crippen LogP) is 23.8. The number of unbranched alkanes of at least 4 members (excludes halogenated alkanes) is 54. The smallest absolute Gasteiger partial charge is 0.462 e. The maximum absolute atomic E-state index is 13.1. The molecule has 98 heavy (non-hydrogen) atoms. The summed E-state index contributed by atoms with van der Waals surface area (Å²) in [6.07, 6.45) is 65.1. The van der Waals surface area contributed by atoms with E-state index in [1.807, 2.05) is 0 Å². The van der Waals surface area contributed by atoms with Crippen molar-refractivity contribution >= 4 is 39.5 Å². The molecule has 19 heteroatoms. The van der Waals surface area contributed by atoms with E-state index in [0.29, 0.717) is 25.7 Å². The van der Waals surface area contributed by atoms with Gasteiger partial charge in [-0.1, -0.05) is 374 Å². The Kier molecular flexibility index (Phi) is 71.9. The van der Waals surface area contributed by atoms with E-state index in [0.717, 1.165) is 89.9 Å². The second-order valence-corrected chi connectivity index (χ2v) is 31.4. The van der Waals surface area contributed by atoms with Crippen LogP contribution >= 0.6 is 15.6 Å². The number of carbonyl (C=O) groups excluding carboxylic acids is 4. The molecule has 0 aliphatic rings. The van der Waals surface area contributed by atoms with Crippen LogP contribution in [0.4, 0.5) is 0 Å². The van der Waals surface area contributed by atoms with E-state index in [2.05, 4.69) is 27.7 Å². The maximum Gasteiger partial charge on any atom is 0.472 e. The first-order valence-electron chi connectivity index (χ1n) is 41.3. The molecule has 0 saturated heterocycles. The monoisotopic (exact) mass is 1440 g/mol. The van der Waals surface area contributed by atoms with E-state index in [4.69, 9.17) is 37.0 Å². The molecule has 2 unspecified atom stereocenters. The molecule has 0 spiro atoms. The number of rotatable bonds is 80. The fraction of sp³-hybridized carbons (Fsp3) is 0.949. The molecule has 3 N–H and O–H groups in total. The summed E-state index contributed by atoms with van der Waals surface area (Å²) in [5, 5.41) is 10.6. The Bertz CT molecular complexity index is 1860. The lowest BCUT2D eigenvalue weighted by molar-refractivity contribution is -0.161. The van der Waals surface area contributed by atoms with Crippen molar-refractivity contribution in [3.63, 3.8) is 0 Å². The standard InChI is InChI=1S/C79H154O17P2/c1-5-9-13-17-21-25-29-32-35-36-37-38-39-40-43-46-50-54-58-62-66-79(84)96-75(70-90-77(82)64-60-56-52-48-44-41-33-30-26-22-18-14-10-6-2)72-94-98(87,88)92-68-73(80)67-91-97(85,86)93-71-74(69-89-76(81)63-59-55-51-47-28-24-20-16-12-8-4)95-78(83)65-61-57-53-49-45-42-34-31-27-23-19-15-11-7-3/h73-75,80H,5-72H2,1-4H3,(H,85,86)(H,87,88)/t73-,74+,75+/m0/s1. The molecule has 0 amide bonds. The average Bonchev–Trinajstić information content (AvgIpc) is 1.19. The Morgan fingerprint density at radius 2 is 0.408 bits per heavy atom. The van der Waals surface area contributed by atoms with Crippen LogP contribution < -0.4 is 0 Å². The third kappa shape index (κ3) is 72.4. The topological polar surface area (TPSA) is 237 Å². The van der Waals surface area contributed by atoms with E-state index in [1.165, 1.54) is 257 Å². The summed E-state index contributed by atoms with van der Waals surface area (Å²) in [6, 6.07) is 0. The first-order chi connectivity index (χ1) is 47.7. The van der Waals surface area contributed by atoms with Crippen molar-refractivity contribution in [2.75, 3.05) is 39.6 Å². The van der Waals surface area contributed by atoms with E-state index < -0.39 is 97.5 Å². The minimum atomic E-state index is -4.96. The first kappa shape index (κ1) is 96.1. The van der Waals surface area contributed by atoms with Crippen LogP contribution in [0.2, 0.25) is 0 Å². The molecule has 5 atom stereocenters. The lowest BCUT2D eigenvalue weighted by Gasteiger charge is -2.21. The SMILES string of the molecule is CCCCCCCCCCCCCCCCCCCCCCC(=O)O[C@H](COC(=O)CCCCCCCCCCCCCCCC)COP(=O)(O)OC[C@@H](O)COP(=O)(O)OC[C@@H](COC(=O)CCCCCCCCCCCC)OC(=O)CCCCCCCCCCCCCCCC. The van der Waals surface area contributed by atoms with Gasteiger partial charge in [-0.05, 0) is 25.7 Å². The molecule has 0 aliphatic carbocycles. The number of aliphatic hydroxyl groups excluding tert-OH is 1. The highest BCUT2D eigenvalue weighted by Gasteiger charge is 2.30. The first-order valence-corrected chi connectivity index (χ1v) is 44.3. The van der Waals surface area contributed by atoms with Crippen LogP contribution in [0.15, 0.2) is 0 Å². The van der Waals surface area contributed by atoms with E-state index >= 15 is 0 Å². The molecule has 0 aromatic rings. The number of ether oxygens (including phenoxy) is 4. The van der Waals surface area contributed by atoms with E-state index in [9.17, 15) is 43.2 Å². The molecule has 0 aliphatic heterocycles. The fourth-order valence-corrected chi connectivity index (χ4v) is 13.9. The van der Waals surface area contributed by atoms with Gasteiger partial charge in [-0.2, -0.15) is 0 Å². The van der Waals surface area contributed by atoms with Crippen LogP contribution in [0.3, 0.4) is 0 Å². The summed E-state index contributed by atoms with van der Waals surface area (Å²) in [7, 11) is -9.91. The van der Waals surface area contributed by atoms with Crippen LogP contribution in [0.25, 0.3) is 0 Å². The van der Waals surface area contributed by atoms with E-state index in [-0.39, 0.29) is 25.7 Å². The number of aliphatic hydroxyl groups is 1. The van der Waals surface area contributed by atoms with E-state index in [1.54, 1.807) is 0 Å². The average molecular weight is 1440 g/mol. The molecule has 0 bridgehead atoms. The molecular formula is C79H154O17P2. The van der Waals surface area contributed by atoms with Gasteiger partial charge in [0.15, 0.2) is 12.2 Å². The van der Waals surface area contributed by atoms with Gasteiger partial charge in [0.05, 0.1) is 26.4 Å². The van der Waals surface area contributed by atoms with Crippen molar-refractivity contribution in [2.24, 2.45) is 0 Å². The second-order valence-electron chi connectivity index (χ2n) is 28.5. The zero-order chi connectivity index (χ0) is 71.8. The van der Waals surface area contributed by atoms with Crippen LogP contribution in [-0.2, 0) is 65.4 Å². The number of phosphoric ester groups is 2. The van der Waals surface area contributed by atoms with Gasteiger partial charge in [0.25, 0.3) is 0 Å². The van der Waals surface area contributed by atoms with Gasteiger partial charge >= 0.3 is 39.5 Å². The Balaban J connectivity index is 5.22. The Labute approximate surface area is 600 Å². The van der Waals surface area contributed by atoms with Crippen molar-refractivity contribution in [2.45, 2.75) is 444 Å². The van der Waals surface area contributed by atoms with Gasteiger partial charge < -0.3 is 33.8 Å². The third-order valence-corrected chi connectivity index (χ3v) is 20.5. The number of carbonyl (C=O) groups is 4. The summed E-state index contributed by atoms with van der Waals surface area (Å²) in [5.41, 5.74) is 0. The fourth-order valence-electron chi connectivity index (χ4n) is 12.3. The summed E-state index contributed by atoms with van der Waals surface area (Å²) < 4.78 is 68.6.